The highest BCUT2D eigenvalue weighted by Crippen LogP contribution is 2.22. The maximum absolute atomic E-state index is 12.9. The van der Waals surface area contributed by atoms with E-state index in [-0.39, 0.29) is 13.2 Å². The molecule has 0 saturated carbocycles. The number of carbonyl (C=O) groups is 4. The molecule has 1 N–H and O–H groups in total. The second-order valence-electron chi connectivity index (χ2n) is 7.55. The third kappa shape index (κ3) is 6.78. The average Bonchev–Trinajstić information content (AvgIpc) is 3.07. The molecule has 160 valence electrons. The van der Waals surface area contributed by atoms with Gasteiger partial charge < -0.3 is 19.1 Å². The largest absolute Gasteiger partial charge is 0.464 e. The summed E-state index contributed by atoms with van der Waals surface area (Å²) in [5.41, 5.74) is -0.656. The molecule has 0 aromatic rings. The molecule has 0 unspecified atom stereocenters. The Kier molecular flexibility index (Phi) is 8.87. The first-order valence-electron chi connectivity index (χ1n) is 9.64. The van der Waals surface area contributed by atoms with Crippen molar-refractivity contribution in [1.82, 2.24) is 10.2 Å². The lowest BCUT2D eigenvalue weighted by molar-refractivity contribution is -0.164. The number of esters is 3. The van der Waals surface area contributed by atoms with Gasteiger partial charge in [0, 0.05) is 6.54 Å². The molecule has 1 saturated heterocycles. The van der Waals surface area contributed by atoms with Crippen LogP contribution in [0.1, 0.15) is 54.4 Å². The molecule has 1 rings (SSSR count). The fourth-order valence-electron chi connectivity index (χ4n) is 2.90. The van der Waals surface area contributed by atoms with Gasteiger partial charge in [-0.25, -0.2) is 14.4 Å². The molecule has 28 heavy (non-hydrogen) atoms. The number of amides is 1. The van der Waals surface area contributed by atoms with Crippen LogP contribution in [0.15, 0.2) is 0 Å². The first-order chi connectivity index (χ1) is 13.0. The van der Waals surface area contributed by atoms with Crippen molar-refractivity contribution in [1.29, 1.82) is 0 Å². The Bertz CT molecular complexity index is 567. The third-order valence-corrected chi connectivity index (χ3v) is 4.05. The van der Waals surface area contributed by atoms with Crippen molar-refractivity contribution in [2.24, 2.45) is 0 Å². The zero-order valence-corrected chi connectivity index (χ0v) is 17.6. The van der Waals surface area contributed by atoms with E-state index in [1.54, 1.807) is 34.6 Å². The number of likely N-dealkylation sites (tertiary alicyclic amines) is 1. The van der Waals surface area contributed by atoms with E-state index < -0.39 is 47.5 Å². The highest BCUT2D eigenvalue weighted by Gasteiger charge is 2.40. The predicted octanol–water partition coefficient (Wildman–Crippen LogP) is 0.792. The number of nitrogens with one attached hydrogen (secondary N) is 1. The lowest BCUT2D eigenvalue weighted by atomic mass is 10.1. The van der Waals surface area contributed by atoms with Crippen LogP contribution in [0.25, 0.3) is 0 Å². The van der Waals surface area contributed by atoms with Crippen LogP contribution in [0.4, 0.5) is 0 Å². The Balaban J connectivity index is 2.86. The zero-order chi connectivity index (χ0) is 21.5. The van der Waals surface area contributed by atoms with Crippen LogP contribution in [0.2, 0.25) is 0 Å². The molecular formula is C19H32N2O7. The second kappa shape index (κ2) is 10.4. The Morgan fingerprint density at radius 2 is 1.61 bits per heavy atom. The van der Waals surface area contributed by atoms with Crippen LogP contribution in [0.5, 0.6) is 0 Å². The summed E-state index contributed by atoms with van der Waals surface area (Å²) >= 11 is 0. The minimum atomic E-state index is -1.42. The number of nitrogens with zero attached hydrogens (tertiary/aromatic N) is 1. The fourth-order valence-corrected chi connectivity index (χ4v) is 2.90. The summed E-state index contributed by atoms with van der Waals surface area (Å²) in [6.07, 6.45) is 1.17. The number of hydrogen-bond acceptors (Lipinski definition) is 8. The van der Waals surface area contributed by atoms with Crippen molar-refractivity contribution in [3.8, 4) is 0 Å². The highest BCUT2D eigenvalue weighted by atomic mass is 16.6. The molecule has 1 amide bonds. The first-order valence-corrected chi connectivity index (χ1v) is 9.64. The molecule has 1 aliphatic rings. The van der Waals surface area contributed by atoms with Gasteiger partial charge in [0.1, 0.15) is 11.6 Å². The minimum Gasteiger partial charge on any atom is -0.464 e. The fraction of sp³-hybridized carbons (Fsp3) is 0.789. The predicted molar refractivity (Wildman–Crippen MR) is 100 cm³/mol. The van der Waals surface area contributed by atoms with Gasteiger partial charge in [-0.05, 0) is 54.4 Å². The van der Waals surface area contributed by atoms with Crippen LogP contribution >= 0.6 is 0 Å². The van der Waals surface area contributed by atoms with Gasteiger partial charge in [0.25, 0.3) is 0 Å². The smallest absolute Gasteiger partial charge is 0.334 e. The molecule has 9 nitrogen and oxygen atoms in total. The molecule has 9 heteroatoms. The van der Waals surface area contributed by atoms with Gasteiger partial charge in [-0.3, -0.25) is 10.1 Å². The van der Waals surface area contributed by atoms with Crippen molar-refractivity contribution >= 4 is 23.8 Å². The topological polar surface area (TPSA) is 111 Å². The molecule has 2 atom stereocenters. The maximum atomic E-state index is 12.9. The summed E-state index contributed by atoms with van der Waals surface area (Å²) in [7, 11) is 0. The van der Waals surface area contributed by atoms with Crippen LogP contribution in [0, 0.1) is 0 Å². The van der Waals surface area contributed by atoms with Crippen molar-refractivity contribution in [2.75, 3.05) is 19.8 Å². The van der Waals surface area contributed by atoms with E-state index in [0.717, 1.165) is 0 Å². The Morgan fingerprint density at radius 3 is 2.07 bits per heavy atom. The monoisotopic (exact) mass is 400 g/mol. The molecule has 1 aliphatic heterocycles. The first kappa shape index (κ1) is 23.9. The van der Waals surface area contributed by atoms with E-state index in [4.69, 9.17) is 14.2 Å². The molecule has 0 bridgehead atoms. The van der Waals surface area contributed by atoms with Crippen LogP contribution in [-0.2, 0) is 33.4 Å². The van der Waals surface area contributed by atoms with Gasteiger partial charge in [-0.15, -0.1) is 0 Å². The van der Waals surface area contributed by atoms with Crippen LogP contribution < -0.4 is 5.32 Å². The average molecular weight is 400 g/mol. The van der Waals surface area contributed by atoms with E-state index >= 15 is 0 Å². The van der Waals surface area contributed by atoms with E-state index in [1.165, 1.54) is 11.8 Å². The van der Waals surface area contributed by atoms with E-state index in [1.807, 2.05) is 0 Å². The van der Waals surface area contributed by atoms with Gasteiger partial charge in [0.2, 0.25) is 11.9 Å². The molecule has 0 radical (unpaired) electrons. The van der Waals surface area contributed by atoms with Gasteiger partial charge in [0.15, 0.2) is 0 Å². The van der Waals surface area contributed by atoms with Crippen molar-refractivity contribution in [3.05, 3.63) is 0 Å². The normalized spacial score (nSPS) is 18.0. The van der Waals surface area contributed by atoms with E-state index in [0.29, 0.717) is 19.4 Å². The van der Waals surface area contributed by atoms with Crippen LogP contribution in [0.3, 0.4) is 0 Å². The highest BCUT2D eigenvalue weighted by molar-refractivity contribution is 6.00. The summed E-state index contributed by atoms with van der Waals surface area (Å²) in [4.78, 5) is 50.9. The number of hydrogen-bond donors (Lipinski definition) is 1. The van der Waals surface area contributed by atoms with Crippen molar-refractivity contribution in [2.45, 2.75) is 78.1 Å². The molecular weight excluding hydrogens is 368 g/mol. The standard InChI is InChI=1S/C19H32N2O7/c1-7-26-17(24)14(18(25)27-8-2)20-12(3)15(22)21-11-9-10-13(21)16(23)28-19(4,5)6/h12-14,20H,7-11H2,1-6H3/t12-,13-/m0/s1. The molecule has 1 heterocycles. The molecule has 0 aromatic carbocycles. The lowest BCUT2D eigenvalue weighted by Crippen LogP contribution is -2.56. The van der Waals surface area contributed by atoms with E-state index in [2.05, 4.69) is 5.32 Å². The summed E-state index contributed by atoms with van der Waals surface area (Å²) in [6.45, 7) is 10.6. The summed E-state index contributed by atoms with van der Waals surface area (Å²) in [5.74, 6) is -2.48. The van der Waals surface area contributed by atoms with Crippen molar-refractivity contribution < 1.29 is 33.4 Å². The summed E-state index contributed by atoms with van der Waals surface area (Å²) < 4.78 is 15.2. The van der Waals surface area contributed by atoms with Gasteiger partial charge in [0.05, 0.1) is 19.3 Å². The quantitative estimate of drug-likeness (QED) is 0.362. The molecule has 0 aromatic heterocycles. The van der Waals surface area contributed by atoms with Gasteiger partial charge in [-0.2, -0.15) is 0 Å². The minimum absolute atomic E-state index is 0.0889. The lowest BCUT2D eigenvalue weighted by Gasteiger charge is -2.30. The van der Waals surface area contributed by atoms with E-state index in [9.17, 15) is 19.2 Å². The Labute approximate surface area is 166 Å². The third-order valence-electron chi connectivity index (χ3n) is 4.05. The van der Waals surface area contributed by atoms with Gasteiger partial charge >= 0.3 is 17.9 Å². The SMILES string of the molecule is CCOC(=O)C(N[C@@H](C)C(=O)N1CCC[C@H]1C(=O)OC(C)(C)C)C(=O)OCC. The molecule has 0 spiro atoms. The van der Waals surface area contributed by atoms with Crippen LogP contribution in [-0.4, -0.2) is 72.2 Å². The molecule has 0 aliphatic carbocycles. The van der Waals surface area contributed by atoms with Gasteiger partial charge in [-0.1, -0.05) is 0 Å². The number of ether oxygens (including phenoxy) is 3. The summed E-state index contributed by atoms with van der Waals surface area (Å²) in [6, 6.07) is -3.00. The summed E-state index contributed by atoms with van der Waals surface area (Å²) in [5, 5.41) is 2.68. The number of carbonyl (C=O) groups excluding carboxylic acids is 4. The van der Waals surface area contributed by atoms with Crippen molar-refractivity contribution in [3.63, 3.8) is 0 Å². The maximum Gasteiger partial charge on any atom is 0.334 e. The number of rotatable bonds is 8. The zero-order valence-electron chi connectivity index (χ0n) is 17.6. The second-order valence-corrected chi connectivity index (χ2v) is 7.55. The molecule has 1 fully saturated rings. The Morgan fingerprint density at radius 1 is 1.07 bits per heavy atom. The Hall–Kier alpha value is -2.16.